The van der Waals surface area contributed by atoms with Crippen LogP contribution in [0.3, 0.4) is 0 Å². The zero-order chi connectivity index (χ0) is 14.0. The van der Waals surface area contributed by atoms with E-state index >= 15 is 0 Å². The van der Waals surface area contributed by atoms with Gasteiger partial charge < -0.3 is 0 Å². The van der Waals surface area contributed by atoms with Crippen molar-refractivity contribution in [2.75, 3.05) is 0 Å². The molecule has 0 aliphatic carbocycles. The summed E-state index contributed by atoms with van der Waals surface area (Å²) in [7, 11) is 0. The lowest BCUT2D eigenvalue weighted by Crippen LogP contribution is -2.06. The largest absolute Gasteiger partial charge is 0.0686 e. The molecule has 0 aliphatic rings. The van der Waals surface area contributed by atoms with Crippen molar-refractivity contribution in [3.63, 3.8) is 0 Å². The smallest absolute Gasteiger partial charge is 0.00302 e. The Labute approximate surface area is 115 Å². The predicted molar refractivity (Wildman–Crippen MR) is 87.5 cm³/mol. The van der Waals surface area contributed by atoms with E-state index in [0.717, 1.165) is 0 Å². The summed E-state index contributed by atoms with van der Waals surface area (Å²) in [6.45, 7) is 10.6. The second kappa shape index (κ2) is 5.44. The third kappa shape index (κ3) is 2.23. The zero-order valence-electron chi connectivity index (χ0n) is 12.5. The molecule has 3 rings (SSSR count). The van der Waals surface area contributed by atoms with Gasteiger partial charge in [0.15, 0.2) is 0 Å². The molecule has 0 heteroatoms. The minimum absolute atomic E-state index is 1.34. The first-order valence-corrected chi connectivity index (χ1v) is 7.07. The van der Waals surface area contributed by atoms with Gasteiger partial charge in [-0.25, -0.2) is 0 Å². The van der Waals surface area contributed by atoms with Crippen LogP contribution >= 0.6 is 0 Å². The SMILES string of the molecule is CC.CC(C)=c1ccc2cccc3ccc(C)c1c32. The van der Waals surface area contributed by atoms with Crippen LogP contribution in [0.1, 0.15) is 33.3 Å². The van der Waals surface area contributed by atoms with Crippen LogP contribution in [-0.4, -0.2) is 0 Å². The van der Waals surface area contributed by atoms with E-state index in [9.17, 15) is 0 Å². The second-order valence-electron chi connectivity index (χ2n) is 4.95. The van der Waals surface area contributed by atoms with Crippen molar-refractivity contribution in [1.29, 1.82) is 0 Å². The summed E-state index contributed by atoms with van der Waals surface area (Å²) >= 11 is 0. The lowest BCUT2D eigenvalue weighted by atomic mass is 9.94. The molecule has 0 nitrogen and oxygen atoms in total. The molecule has 0 saturated carbocycles. The van der Waals surface area contributed by atoms with E-state index in [1.54, 1.807) is 0 Å². The first-order chi connectivity index (χ1) is 9.18. The molecule has 0 bridgehead atoms. The van der Waals surface area contributed by atoms with Gasteiger partial charge >= 0.3 is 0 Å². The summed E-state index contributed by atoms with van der Waals surface area (Å²) in [5.74, 6) is 0. The molecule has 0 heterocycles. The quantitative estimate of drug-likeness (QED) is 0.512. The molecule has 19 heavy (non-hydrogen) atoms. The van der Waals surface area contributed by atoms with Gasteiger partial charge in [-0.05, 0) is 53.1 Å². The third-order valence-corrected chi connectivity index (χ3v) is 3.52. The number of hydrogen-bond donors (Lipinski definition) is 0. The Kier molecular flexibility index (Phi) is 3.90. The molecule has 0 radical (unpaired) electrons. The number of benzene rings is 3. The fourth-order valence-electron chi connectivity index (χ4n) is 2.67. The second-order valence-corrected chi connectivity index (χ2v) is 4.95. The molecule has 0 saturated heterocycles. The van der Waals surface area contributed by atoms with E-state index in [0.29, 0.717) is 0 Å². The van der Waals surface area contributed by atoms with E-state index in [2.05, 4.69) is 63.2 Å². The first kappa shape index (κ1) is 13.6. The lowest BCUT2D eigenvalue weighted by molar-refractivity contribution is 1.49. The van der Waals surface area contributed by atoms with Crippen LogP contribution in [0.5, 0.6) is 0 Å². The van der Waals surface area contributed by atoms with Crippen molar-refractivity contribution >= 4 is 27.1 Å². The van der Waals surface area contributed by atoms with E-state index in [-0.39, 0.29) is 0 Å². The minimum atomic E-state index is 1.34. The van der Waals surface area contributed by atoms with Gasteiger partial charge in [0.1, 0.15) is 0 Å². The minimum Gasteiger partial charge on any atom is -0.0686 e. The van der Waals surface area contributed by atoms with E-state index in [1.807, 2.05) is 13.8 Å². The summed E-state index contributed by atoms with van der Waals surface area (Å²) in [6, 6.07) is 15.5. The molecular formula is C19H22. The maximum atomic E-state index is 2.25. The van der Waals surface area contributed by atoms with Crippen molar-refractivity contribution in [1.82, 2.24) is 0 Å². The van der Waals surface area contributed by atoms with Gasteiger partial charge in [0, 0.05) is 0 Å². The molecule has 98 valence electrons. The summed E-state index contributed by atoms with van der Waals surface area (Å²) in [5.41, 5.74) is 2.75. The van der Waals surface area contributed by atoms with Crippen LogP contribution < -0.4 is 5.22 Å². The van der Waals surface area contributed by atoms with Crippen LogP contribution in [-0.2, 0) is 0 Å². The summed E-state index contributed by atoms with van der Waals surface area (Å²) in [5, 5.41) is 6.89. The highest BCUT2D eigenvalue weighted by molar-refractivity contribution is 6.11. The molecule has 0 amide bonds. The monoisotopic (exact) mass is 250 g/mol. The van der Waals surface area contributed by atoms with Gasteiger partial charge in [-0.3, -0.25) is 0 Å². The molecule has 0 spiro atoms. The molecule has 3 aromatic rings. The first-order valence-electron chi connectivity index (χ1n) is 7.07. The number of hydrogen-bond acceptors (Lipinski definition) is 0. The van der Waals surface area contributed by atoms with E-state index < -0.39 is 0 Å². The molecule has 0 atom stereocenters. The Morgan fingerprint density at radius 2 is 1.32 bits per heavy atom. The van der Waals surface area contributed by atoms with Crippen molar-refractivity contribution in [2.24, 2.45) is 0 Å². The van der Waals surface area contributed by atoms with Crippen molar-refractivity contribution in [2.45, 2.75) is 34.6 Å². The predicted octanol–water partition coefficient (Wildman–Crippen LogP) is 5.24. The zero-order valence-corrected chi connectivity index (χ0v) is 12.5. The van der Waals surface area contributed by atoms with Crippen molar-refractivity contribution < 1.29 is 0 Å². The number of aryl methyl sites for hydroxylation is 1. The maximum absolute atomic E-state index is 2.25. The van der Waals surface area contributed by atoms with Gasteiger partial charge in [0.05, 0.1) is 0 Å². The molecule has 0 aliphatic heterocycles. The van der Waals surface area contributed by atoms with Gasteiger partial charge in [-0.15, -0.1) is 0 Å². The van der Waals surface area contributed by atoms with E-state index in [4.69, 9.17) is 0 Å². The van der Waals surface area contributed by atoms with Crippen molar-refractivity contribution in [3.05, 3.63) is 53.2 Å². The topological polar surface area (TPSA) is 0 Å². The fourth-order valence-corrected chi connectivity index (χ4v) is 2.67. The van der Waals surface area contributed by atoms with Crippen molar-refractivity contribution in [3.8, 4) is 0 Å². The highest BCUT2D eigenvalue weighted by Crippen LogP contribution is 2.26. The molecule has 0 N–H and O–H groups in total. The fraction of sp³-hybridized carbons (Fsp3) is 0.263. The third-order valence-electron chi connectivity index (χ3n) is 3.52. The molecule has 0 unspecified atom stereocenters. The average molecular weight is 250 g/mol. The van der Waals surface area contributed by atoms with Crippen LogP contribution in [0, 0.1) is 6.92 Å². The van der Waals surface area contributed by atoms with Gasteiger partial charge in [0.25, 0.3) is 0 Å². The van der Waals surface area contributed by atoms with Crippen LogP contribution in [0.2, 0.25) is 0 Å². The summed E-state index contributed by atoms with van der Waals surface area (Å²) < 4.78 is 0. The molecule has 3 aromatic carbocycles. The summed E-state index contributed by atoms with van der Waals surface area (Å²) in [6.07, 6.45) is 0. The standard InChI is InChI=1S/C17H16.C2H6/c1-11(2)15-10-9-14-6-4-5-13-8-7-12(3)16(15)17(13)14;1-2/h4-10H,1-3H3;1-2H3. The molecule has 0 aromatic heterocycles. The van der Waals surface area contributed by atoms with Crippen LogP contribution in [0.15, 0.2) is 42.5 Å². The Morgan fingerprint density at radius 1 is 0.737 bits per heavy atom. The van der Waals surface area contributed by atoms with Crippen LogP contribution in [0.25, 0.3) is 27.1 Å². The highest BCUT2D eigenvalue weighted by atomic mass is 14.1. The Morgan fingerprint density at radius 3 is 1.89 bits per heavy atom. The van der Waals surface area contributed by atoms with E-state index in [1.165, 1.54) is 37.9 Å². The normalized spacial score (nSPS) is 10.4. The van der Waals surface area contributed by atoms with Gasteiger partial charge in [-0.1, -0.05) is 61.9 Å². The Bertz CT molecular complexity index is 744. The summed E-state index contributed by atoms with van der Waals surface area (Å²) in [4.78, 5) is 0. The molecule has 0 fully saturated rings. The number of rotatable bonds is 0. The Balaban J connectivity index is 0.000000637. The highest BCUT2D eigenvalue weighted by Gasteiger charge is 2.05. The van der Waals surface area contributed by atoms with Gasteiger partial charge in [-0.2, -0.15) is 0 Å². The van der Waals surface area contributed by atoms with Gasteiger partial charge in [0.2, 0.25) is 0 Å². The lowest BCUT2D eigenvalue weighted by Gasteiger charge is -2.09. The molecular weight excluding hydrogens is 228 g/mol. The Hall–Kier alpha value is -1.82. The van der Waals surface area contributed by atoms with Crippen LogP contribution in [0.4, 0.5) is 0 Å². The average Bonchev–Trinajstić information content (AvgIpc) is 2.44. The maximum Gasteiger partial charge on any atom is -0.00302 e.